The highest BCUT2D eigenvalue weighted by Gasteiger charge is 2.52. The molecule has 2 unspecified atom stereocenters. The molecule has 34 heavy (non-hydrogen) atoms. The minimum atomic E-state index is -1.02. The number of aryl methyl sites for hydroxylation is 1. The summed E-state index contributed by atoms with van der Waals surface area (Å²) in [7, 11) is 0. The number of carbonyl (C=O) groups is 2. The maximum atomic E-state index is 13.6. The van der Waals surface area contributed by atoms with Gasteiger partial charge >= 0.3 is 12.1 Å². The molecule has 2 heterocycles. The molecule has 0 aliphatic carbocycles. The topological polar surface area (TPSA) is 89.0 Å². The van der Waals surface area contributed by atoms with E-state index in [1.807, 2.05) is 77.9 Å². The zero-order chi connectivity index (χ0) is 25.1. The lowest BCUT2D eigenvalue weighted by Gasteiger charge is -2.46. The van der Waals surface area contributed by atoms with Crippen LogP contribution in [-0.2, 0) is 16.1 Å². The van der Waals surface area contributed by atoms with E-state index >= 15 is 0 Å². The van der Waals surface area contributed by atoms with Crippen molar-refractivity contribution in [2.45, 2.75) is 72.5 Å². The predicted molar refractivity (Wildman–Crippen MR) is 130 cm³/mol. The van der Waals surface area contributed by atoms with Crippen LogP contribution in [0.1, 0.15) is 68.8 Å². The largest absolute Gasteiger partial charge is 0.473 e. The number of carboxylic acid groups (broad SMARTS) is 1. The number of hydrogen-bond acceptors (Lipinski definition) is 5. The van der Waals surface area contributed by atoms with Gasteiger partial charge in [-0.2, -0.15) is 0 Å². The van der Waals surface area contributed by atoms with Crippen molar-refractivity contribution in [2.24, 2.45) is 5.41 Å². The number of likely N-dealkylation sites (tertiary alicyclic amines) is 1. The van der Waals surface area contributed by atoms with Crippen LogP contribution >= 0.6 is 0 Å². The number of esters is 1. The fourth-order valence-electron chi connectivity index (χ4n) is 4.70. The fraction of sp³-hybridized carbons (Fsp3) is 0.519. The number of piperidine rings is 1. The average Bonchev–Trinajstić information content (AvgIpc) is 2.78. The van der Waals surface area contributed by atoms with Crippen LogP contribution in [0.5, 0.6) is 5.88 Å². The Hall–Kier alpha value is -3.09. The predicted octanol–water partition coefficient (Wildman–Crippen LogP) is 5.48. The highest BCUT2D eigenvalue weighted by molar-refractivity contribution is 5.80. The van der Waals surface area contributed by atoms with Gasteiger partial charge in [0.2, 0.25) is 5.88 Å². The van der Waals surface area contributed by atoms with Crippen LogP contribution in [-0.4, -0.2) is 45.7 Å². The Labute approximate surface area is 202 Å². The second-order valence-electron chi connectivity index (χ2n) is 10.1. The van der Waals surface area contributed by atoms with E-state index in [-0.39, 0.29) is 18.4 Å². The van der Waals surface area contributed by atoms with Crippen molar-refractivity contribution in [1.82, 2.24) is 9.88 Å². The number of benzene rings is 1. The third-order valence-corrected chi connectivity index (χ3v) is 6.67. The molecule has 1 saturated heterocycles. The summed E-state index contributed by atoms with van der Waals surface area (Å²) in [5.41, 5.74) is 2.14. The minimum Gasteiger partial charge on any atom is -0.473 e. The van der Waals surface area contributed by atoms with Gasteiger partial charge in [-0.25, -0.2) is 9.78 Å². The van der Waals surface area contributed by atoms with Crippen molar-refractivity contribution < 1.29 is 24.2 Å². The molecular formula is C27H36N2O5. The molecule has 0 radical (unpaired) electrons. The molecule has 184 valence electrons. The fourth-order valence-corrected chi connectivity index (χ4v) is 4.70. The monoisotopic (exact) mass is 468 g/mol. The molecule has 7 heteroatoms. The van der Waals surface area contributed by atoms with E-state index in [9.17, 15) is 14.7 Å². The minimum absolute atomic E-state index is 0.0967. The van der Waals surface area contributed by atoms with E-state index < -0.39 is 17.1 Å². The number of amides is 1. The van der Waals surface area contributed by atoms with Crippen LogP contribution < -0.4 is 4.74 Å². The van der Waals surface area contributed by atoms with Gasteiger partial charge in [0.05, 0.1) is 5.41 Å². The van der Waals surface area contributed by atoms with Gasteiger partial charge in [0, 0.05) is 30.8 Å². The van der Waals surface area contributed by atoms with Crippen LogP contribution in [0.15, 0.2) is 36.4 Å². The molecule has 1 aliphatic rings. The Morgan fingerprint density at radius 3 is 2.47 bits per heavy atom. The van der Waals surface area contributed by atoms with Crippen LogP contribution in [0.25, 0.3) is 0 Å². The number of hydrogen-bond donors (Lipinski definition) is 1. The Balaban J connectivity index is 2.02. The molecule has 2 aromatic rings. The van der Waals surface area contributed by atoms with Crippen LogP contribution in [0.2, 0.25) is 0 Å². The number of ether oxygens (including phenoxy) is 2. The zero-order valence-electron chi connectivity index (χ0n) is 21.1. The molecule has 0 spiro atoms. The van der Waals surface area contributed by atoms with E-state index in [2.05, 4.69) is 4.98 Å². The van der Waals surface area contributed by atoms with Gasteiger partial charge in [-0.3, -0.25) is 4.79 Å². The quantitative estimate of drug-likeness (QED) is 0.565. The molecule has 1 aromatic carbocycles. The highest BCUT2D eigenvalue weighted by atomic mass is 16.6. The van der Waals surface area contributed by atoms with Gasteiger partial charge in [-0.15, -0.1) is 0 Å². The number of rotatable bonds is 6. The first-order valence-electron chi connectivity index (χ1n) is 11.8. The van der Waals surface area contributed by atoms with Crippen molar-refractivity contribution in [3.8, 4) is 5.88 Å². The van der Waals surface area contributed by atoms with E-state index in [0.29, 0.717) is 31.9 Å². The zero-order valence-corrected chi connectivity index (χ0v) is 21.1. The standard InChI is InChI=1S/C27H36N2O5/c1-7-27(24(30)34-26(4,5)6)17-29(25(31)32)14-13-22(27)21-15-23(28-19(3)18(21)2)33-16-20-11-9-8-10-12-20/h8-12,15,22H,7,13-14,16-17H2,1-6H3,(H,31,32). The van der Waals surface area contributed by atoms with Gasteiger partial charge in [0.25, 0.3) is 0 Å². The van der Waals surface area contributed by atoms with Crippen molar-refractivity contribution in [3.63, 3.8) is 0 Å². The Morgan fingerprint density at radius 2 is 1.88 bits per heavy atom. The second-order valence-corrected chi connectivity index (χ2v) is 10.1. The lowest BCUT2D eigenvalue weighted by molar-refractivity contribution is -0.172. The Kier molecular flexibility index (Phi) is 7.54. The van der Waals surface area contributed by atoms with Crippen LogP contribution in [0.3, 0.4) is 0 Å². The lowest BCUT2D eigenvalue weighted by atomic mass is 9.65. The first-order valence-corrected chi connectivity index (χ1v) is 11.8. The average molecular weight is 469 g/mol. The number of pyridine rings is 1. The van der Waals surface area contributed by atoms with Crippen molar-refractivity contribution in [3.05, 3.63) is 58.8 Å². The van der Waals surface area contributed by atoms with E-state index in [0.717, 1.165) is 22.4 Å². The molecule has 3 rings (SSSR count). The first-order chi connectivity index (χ1) is 16.0. The van der Waals surface area contributed by atoms with Crippen LogP contribution in [0, 0.1) is 19.3 Å². The summed E-state index contributed by atoms with van der Waals surface area (Å²) in [4.78, 5) is 31.4. The molecule has 1 aromatic heterocycles. The molecule has 1 aliphatic heterocycles. The van der Waals surface area contributed by atoms with Gasteiger partial charge in [-0.05, 0) is 64.2 Å². The number of nitrogens with zero attached hydrogens (tertiary/aromatic N) is 2. The Bertz CT molecular complexity index is 1030. The third-order valence-electron chi connectivity index (χ3n) is 6.67. The third kappa shape index (κ3) is 5.51. The van der Waals surface area contributed by atoms with Crippen molar-refractivity contribution in [1.29, 1.82) is 0 Å². The molecule has 0 bridgehead atoms. The molecule has 1 fully saturated rings. The number of carbonyl (C=O) groups excluding carboxylic acids is 1. The molecule has 2 atom stereocenters. The molecule has 7 nitrogen and oxygen atoms in total. The Morgan fingerprint density at radius 1 is 1.21 bits per heavy atom. The van der Waals surface area contributed by atoms with Gasteiger partial charge in [0.1, 0.15) is 12.2 Å². The summed E-state index contributed by atoms with van der Waals surface area (Å²) in [6.07, 6.45) is -0.0477. The summed E-state index contributed by atoms with van der Waals surface area (Å²) in [6.45, 7) is 12.2. The molecule has 1 N–H and O–H groups in total. The first kappa shape index (κ1) is 25.5. The van der Waals surface area contributed by atoms with Gasteiger partial charge < -0.3 is 19.5 Å². The molecular weight excluding hydrogens is 432 g/mol. The van der Waals surface area contributed by atoms with E-state index in [1.54, 1.807) is 0 Å². The van der Waals surface area contributed by atoms with Crippen LogP contribution in [0.4, 0.5) is 4.79 Å². The summed E-state index contributed by atoms with van der Waals surface area (Å²) in [5, 5.41) is 9.70. The van der Waals surface area contributed by atoms with Crippen molar-refractivity contribution in [2.75, 3.05) is 13.1 Å². The van der Waals surface area contributed by atoms with Gasteiger partial charge in [0.15, 0.2) is 0 Å². The smallest absolute Gasteiger partial charge is 0.407 e. The SMILES string of the molecule is CCC1(C(=O)OC(C)(C)C)CN(C(=O)O)CCC1c1cc(OCc2ccccc2)nc(C)c1C. The maximum Gasteiger partial charge on any atom is 0.407 e. The molecule has 1 amide bonds. The second kappa shape index (κ2) is 10.0. The van der Waals surface area contributed by atoms with Gasteiger partial charge in [-0.1, -0.05) is 37.3 Å². The van der Waals surface area contributed by atoms with Crippen molar-refractivity contribution >= 4 is 12.1 Å². The maximum absolute atomic E-state index is 13.6. The number of aromatic nitrogens is 1. The summed E-state index contributed by atoms with van der Waals surface area (Å²) < 4.78 is 11.9. The summed E-state index contributed by atoms with van der Waals surface area (Å²) in [5.74, 6) is -0.0837. The summed E-state index contributed by atoms with van der Waals surface area (Å²) >= 11 is 0. The van der Waals surface area contributed by atoms with E-state index in [4.69, 9.17) is 9.47 Å². The molecule has 0 saturated carbocycles. The normalized spacial score (nSPS) is 20.6. The summed E-state index contributed by atoms with van der Waals surface area (Å²) in [6, 6.07) is 11.8. The van der Waals surface area contributed by atoms with E-state index in [1.165, 1.54) is 4.90 Å². The lowest BCUT2D eigenvalue weighted by Crippen LogP contribution is -2.55. The highest BCUT2D eigenvalue weighted by Crippen LogP contribution is 2.48.